The van der Waals surface area contributed by atoms with Gasteiger partial charge in [-0.15, -0.1) is 0 Å². The minimum Gasteiger partial charge on any atom is -0.495 e. The number of ether oxygens (including phenoxy) is 1. The number of anilines is 2. The van der Waals surface area contributed by atoms with Crippen LogP contribution in [0.1, 0.15) is 24.0 Å². The van der Waals surface area contributed by atoms with Crippen molar-refractivity contribution < 1.29 is 14.3 Å². The van der Waals surface area contributed by atoms with Gasteiger partial charge in [0.15, 0.2) is 0 Å². The second kappa shape index (κ2) is 12.2. The molecule has 192 valence electrons. The Morgan fingerprint density at radius 1 is 0.974 bits per heavy atom. The molecule has 0 aromatic heterocycles. The third-order valence-corrected chi connectivity index (χ3v) is 7.08. The first-order valence-electron chi connectivity index (χ1n) is 12.0. The van der Waals surface area contributed by atoms with Crippen LogP contribution in [0.15, 0.2) is 101 Å². The number of allylic oxidation sites excluding steroid dienone is 2. The van der Waals surface area contributed by atoms with E-state index in [4.69, 9.17) is 4.74 Å². The van der Waals surface area contributed by atoms with Gasteiger partial charge >= 0.3 is 0 Å². The third kappa shape index (κ3) is 6.07. The predicted octanol–water partition coefficient (Wildman–Crippen LogP) is 5.71. The summed E-state index contributed by atoms with van der Waals surface area (Å²) in [5, 5.41) is 19.8. The van der Waals surface area contributed by atoms with Gasteiger partial charge in [-0.3, -0.25) is 9.59 Å². The zero-order valence-corrected chi connectivity index (χ0v) is 22.2. The van der Waals surface area contributed by atoms with Crippen molar-refractivity contribution >= 4 is 35.0 Å². The van der Waals surface area contributed by atoms with Crippen molar-refractivity contribution in [3.63, 3.8) is 0 Å². The molecule has 0 spiro atoms. The topological polar surface area (TPSA) is 103 Å². The van der Waals surface area contributed by atoms with Crippen LogP contribution in [-0.4, -0.2) is 24.7 Å². The third-order valence-electron chi connectivity index (χ3n) is 6.06. The fraction of sp³-hybridized carbons (Fsp3) is 0.167. The molecule has 0 bridgehead atoms. The molecule has 4 rings (SSSR count). The maximum absolute atomic E-state index is 13.6. The van der Waals surface area contributed by atoms with Crippen LogP contribution in [0.5, 0.6) is 5.75 Å². The number of aryl methyl sites for hydroxylation is 1. The molecule has 0 saturated heterocycles. The quantitative estimate of drug-likeness (QED) is 0.349. The van der Waals surface area contributed by atoms with Crippen molar-refractivity contribution in [2.45, 2.75) is 19.8 Å². The summed E-state index contributed by atoms with van der Waals surface area (Å²) in [6.07, 6.45) is 0. The highest BCUT2D eigenvalue weighted by molar-refractivity contribution is 8.03. The van der Waals surface area contributed by atoms with Crippen molar-refractivity contribution in [2.24, 2.45) is 0 Å². The number of para-hydroxylation sites is 2. The lowest BCUT2D eigenvalue weighted by molar-refractivity contribution is -0.114. The van der Waals surface area contributed by atoms with Crippen LogP contribution in [0.3, 0.4) is 0 Å². The van der Waals surface area contributed by atoms with Crippen LogP contribution >= 0.6 is 11.8 Å². The molecule has 2 amide bonds. The number of benzene rings is 3. The van der Waals surface area contributed by atoms with E-state index in [1.165, 1.54) is 11.8 Å². The van der Waals surface area contributed by atoms with Crippen LogP contribution in [-0.2, 0) is 9.59 Å². The molecule has 1 heterocycles. The standard InChI is InChI=1S/C30H28N4O3S/c1-19-13-15-22(16-14-19)33-26(35)18-38-30-23(17-31)28(21-9-5-4-6-10-21)27(20(2)32-30)29(36)34-24-11-7-8-12-25(24)37-3/h4-16,28,32H,18H2,1-3H3,(H,33,35)(H,34,36)/t28-/m1/s1. The Balaban J connectivity index is 1.61. The number of dihydropyridines is 1. The summed E-state index contributed by atoms with van der Waals surface area (Å²) in [5.74, 6) is -0.519. The van der Waals surface area contributed by atoms with Crippen LogP contribution < -0.4 is 20.7 Å². The van der Waals surface area contributed by atoms with Gasteiger partial charge in [0, 0.05) is 17.0 Å². The van der Waals surface area contributed by atoms with Gasteiger partial charge in [0.05, 0.1) is 41.1 Å². The monoisotopic (exact) mass is 524 g/mol. The van der Waals surface area contributed by atoms with E-state index in [9.17, 15) is 14.9 Å². The molecule has 38 heavy (non-hydrogen) atoms. The zero-order valence-electron chi connectivity index (χ0n) is 21.4. The molecule has 1 aliphatic rings. The Morgan fingerprint density at radius 3 is 2.34 bits per heavy atom. The fourth-order valence-electron chi connectivity index (χ4n) is 4.22. The largest absolute Gasteiger partial charge is 0.495 e. The van der Waals surface area contributed by atoms with Gasteiger partial charge in [-0.25, -0.2) is 0 Å². The zero-order chi connectivity index (χ0) is 27.1. The van der Waals surface area contributed by atoms with Crippen molar-refractivity contribution in [1.82, 2.24) is 5.32 Å². The average molecular weight is 525 g/mol. The SMILES string of the molecule is COc1ccccc1NC(=O)C1=C(C)NC(SCC(=O)Nc2ccc(C)cc2)=C(C#N)[C@H]1c1ccccc1. The summed E-state index contributed by atoms with van der Waals surface area (Å²) in [4.78, 5) is 26.3. The van der Waals surface area contributed by atoms with E-state index in [2.05, 4.69) is 22.0 Å². The minimum absolute atomic E-state index is 0.0962. The van der Waals surface area contributed by atoms with E-state index in [0.29, 0.717) is 39.0 Å². The van der Waals surface area contributed by atoms with Crippen LogP contribution in [0, 0.1) is 18.3 Å². The van der Waals surface area contributed by atoms with Crippen molar-refractivity contribution in [1.29, 1.82) is 5.26 Å². The van der Waals surface area contributed by atoms with Crippen molar-refractivity contribution in [3.05, 3.63) is 112 Å². The lowest BCUT2D eigenvalue weighted by Gasteiger charge is -2.30. The Morgan fingerprint density at radius 2 is 1.66 bits per heavy atom. The summed E-state index contributed by atoms with van der Waals surface area (Å²) >= 11 is 1.23. The van der Waals surface area contributed by atoms with Crippen molar-refractivity contribution in [2.75, 3.05) is 23.5 Å². The first kappa shape index (κ1) is 26.6. The normalized spacial score (nSPS) is 14.8. The minimum atomic E-state index is -0.611. The van der Waals surface area contributed by atoms with E-state index >= 15 is 0 Å². The van der Waals surface area contributed by atoms with Crippen LogP contribution in [0.25, 0.3) is 0 Å². The Hall–Kier alpha value is -4.48. The van der Waals surface area contributed by atoms with Crippen LogP contribution in [0.4, 0.5) is 11.4 Å². The molecule has 0 fully saturated rings. The summed E-state index contributed by atoms with van der Waals surface area (Å²) in [7, 11) is 1.54. The van der Waals surface area contributed by atoms with Gasteiger partial charge in [0.1, 0.15) is 5.75 Å². The number of nitriles is 1. The number of amides is 2. The molecule has 0 radical (unpaired) electrons. The first-order valence-corrected chi connectivity index (χ1v) is 13.0. The molecule has 1 atom stereocenters. The maximum Gasteiger partial charge on any atom is 0.254 e. The molecule has 0 saturated carbocycles. The molecule has 7 nitrogen and oxygen atoms in total. The lowest BCUT2D eigenvalue weighted by atomic mass is 9.82. The van der Waals surface area contributed by atoms with E-state index in [-0.39, 0.29) is 17.6 Å². The Bertz CT molecular complexity index is 1440. The number of carbonyl (C=O) groups excluding carboxylic acids is 2. The molecule has 1 aliphatic heterocycles. The van der Waals surface area contributed by atoms with Crippen LogP contribution in [0.2, 0.25) is 0 Å². The van der Waals surface area contributed by atoms with Gasteiger partial charge in [0.2, 0.25) is 5.91 Å². The number of hydrogen-bond donors (Lipinski definition) is 3. The molecule has 0 unspecified atom stereocenters. The van der Waals surface area contributed by atoms with Gasteiger partial charge in [-0.2, -0.15) is 5.26 Å². The highest BCUT2D eigenvalue weighted by atomic mass is 32.2. The van der Waals surface area contributed by atoms with E-state index in [1.54, 1.807) is 26.2 Å². The van der Waals surface area contributed by atoms with Gasteiger partial charge in [-0.1, -0.05) is 71.9 Å². The van der Waals surface area contributed by atoms with Gasteiger partial charge in [-0.05, 0) is 43.7 Å². The number of thioether (sulfide) groups is 1. The maximum atomic E-state index is 13.6. The molecule has 3 aromatic rings. The molecular weight excluding hydrogens is 496 g/mol. The molecule has 3 N–H and O–H groups in total. The first-order chi connectivity index (χ1) is 18.4. The molecular formula is C30H28N4O3S. The second-order valence-electron chi connectivity index (χ2n) is 8.72. The number of carbonyl (C=O) groups is 2. The number of hydrogen-bond acceptors (Lipinski definition) is 6. The second-order valence-corrected chi connectivity index (χ2v) is 9.70. The number of nitrogens with one attached hydrogen (secondary N) is 3. The molecule has 8 heteroatoms. The van der Waals surface area contributed by atoms with E-state index in [1.807, 2.05) is 73.7 Å². The number of rotatable bonds is 8. The van der Waals surface area contributed by atoms with Crippen molar-refractivity contribution in [3.8, 4) is 11.8 Å². The lowest BCUT2D eigenvalue weighted by Crippen LogP contribution is -2.31. The highest BCUT2D eigenvalue weighted by Gasteiger charge is 2.35. The summed E-state index contributed by atoms with van der Waals surface area (Å²) in [6.45, 7) is 3.78. The van der Waals surface area contributed by atoms with Gasteiger partial charge < -0.3 is 20.7 Å². The van der Waals surface area contributed by atoms with E-state index in [0.717, 1.165) is 11.1 Å². The Labute approximate surface area is 226 Å². The predicted molar refractivity (Wildman–Crippen MR) is 152 cm³/mol. The fourth-order valence-corrected chi connectivity index (χ4v) is 5.11. The number of methoxy groups -OCH3 is 1. The smallest absolute Gasteiger partial charge is 0.254 e. The average Bonchev–Trinajstić information content (AvgIpc) is 2.93. The molecule has 0 aliphatic carbocycles. The molecule has 3 aromatic carbocycles. The summed E-state index contributed by atoms with van der Waals surface area (Å²) in [6, 6.07) is 26.4. The van der Waals surface area contributed by atoms with E-state index < -0.39 is 5.92 Å². The summed E-state index contributed by atoms with van der Waals surface area (Å²) in [5.41, 5.74) is 4.55. The summed E-state index contributed by atoms with van der Waals surface area (Å²) < 4.78 is 5.38. The Kier molecular flexibility index (Phi) is 8.51. The van der Waals surface area contributed by atoms with Gasteiger partial charge in [0.25, 0.3) is 5.91 Å². The highest BCUT2D eigenvalue weighted by Crippen LogP contribution is 2.41. The number of nitrogens with zero attached hydrogens (tertiary/aromatic N) is 1.